The van der Waals surface area contributed by atoms with Crippen LogP contribution in [0.2, 0.25) is 0 Å². The lowest BCUT2D eigenvalue weighted by Crippen LogP contribution is -2.02. The predicted molar refractivity (Wildman–Crippen MR) is 80.6 cm³/mol. The second-order valence-electron chi connectivity index (χ2n) is 4.59. The monoisotopic (exact) mass is 322 g/mol. The first-order chi connectivity index (χ1) is 8.58. The Morgan fingerprint density at radius 3 is 2.39 bits per heavy atom. The van der Waals surface area contributed by atoms with E-state index in [2.05, 4.69) is 54.0 Å². The number of hydrogen-bond acceptors (Lipinski definition) is 2. The minimum Gasteiger partial charge on any atom is -0.293 e. The van der Waals surface area contributed by atoms with Gasteiger partial charge in [-0.1, -0.05) is 38.1 Å². The molecule has 0 radical (unpaired) electrons. The van der Waals surface area contributed by atoms with Gasteiger partial charge in [-0.05, 0) is 44.4 Å². The summed E-state index contributed by atoms with van der Waals surface area (Å²) in [7, 11) is 0. The molecule has 0 saturated heterocycles. The van der Waals surface area contributed by atoms with E-state index in [-0.39, 0.29) is 5.78 Å². The van der Waals surface area contributed by atoms with Crippen LogP contribution in [-0.2, 0) is 6.42 Å². The fourth-order valence-corrected chi connectivity index (χ4v) is 3.31. The minimum atomic E-state index is 0.175. The minimum absolute atomic E-state index is 0.175. The fraction of sp³-hybridized carbons (Fsp3) is 0.267. The van der Waals surface area contributed by atoms with E-state index in [4.69, 9.17) is 0 Å². The summed E-state index contributed by atoms with van der Waals surface area (Å²) in [6.45, 7) is 4.34. The molecule has 0 aliphatic carbocycles. The van der Waals surface area contributed by atoms with E-state index in [1.54, 1.807) is 0 Å². The Hall–Kier alpha value is -0.930. The number of rotatable bonds is 4. The van der Waals surface area contributed by atoms with Crippen LogP contribution in [0.5, 0.6) is 0 Å². The molecule has 0 bridgehead atoms. The Morgan fingerprint density at radius 2 is 1.89 bits per heavy atom. The zero-order valence-electron chi connectivity index (χ0n) is 10.4. The van der Waals surface area contributed by atoms with E-state index in [1.165, 1.54) is 16.9 Å². The van der Waals surface area contributed by atoms with Crippen LogP contribution < -0.4 is 0 Å². The summed E-state index contributed by atoms with van der Waals surface area (Å²) in [5, 5.41) is 1.93. The van der Waals surface area contributed by atoms with E-state index in [1.807, 2.05) is 11.4 Å². The number of thiophene rings is 1. The average Bonchev–Trinajstić information content (AvgIpc) is 2.76. The first kappa shape index (κ1) is 13.5. The summed E-state index contributed by atoms with van der Waals surface area (Å²) >= 11 is 4.89. The van der Waals surface area contributed by atoms with Gasteiger partial charge in [-0.3, -0.25) is 4.79 Å². The Morgan fingerprint density at radius 1 is 1.22 bits per heavy atom. The molecular weight excluding hydrogens is 308 g/mol. The number of carbonyl (C=O) groups excluding carboxylic acids is 1. The van der Waals surface area contributed by atoms with Gasteiger partial charge in [-0.2, -0.15) is 0 Å². The SMILES string of the molecule is CC(C)c1ccc(CC(=O)c2sccc2Br)cc1. The molecule has 1 nitrogen and oxygen atoms in total. The lowest BCUT2D eigenvalue weighted by molar-refractivity contribution is 0.0996. The van der Waals surface area contributed by atoms with Crippen LogP contribution in [0.1, 0.15) is 40.6 Å². The zero-order valence-corrected chi connectivity index (χ0v) is 12.8. The van der Waals surface area contributed by atoms with E-state index in [0.717, 1.165) is 14.9 Å². The van der Waals surface area contributed by atoms with Gasteiger partial charge in [0.05, 0.1) is 4.88 Å². The highest BCUT2D eigenvalue weighted by atomic mass is 79.9. The Bertz CT molecular complexity index is 540. The molecule has 2 aromatic rings. The van der Waals surface area contributed by atoms with E-state index >= 15 is 0 Å². The number of ketones is 1. The van der Waals surface area contributed by atoms with Crippen molar-refractivity contribution >= 4 is 33.0 Å². The predicted octanol–water partition coefficient (Wildman–Crippen LogP) is 5.06. The molecule has 0 fully saturated rings. The number of hydrogen-bond donors (Lipinski definition) is 0. The number of halogens is 1. The van der Waals surface area contributed by atoms with Gasteiger partial charge in [-0.25, -0.2) is 0 Å². The van der Waals surface area contributed by atoms with Crippen molar-refractivity contribution in [2.45, 2.75) is 26.2 Å². The number of benzene rings is 1. The van der Waals surface area contributed by atoms with Crippen LogP contribution in [0.15, 0.2) is 40.2 Å². The molecule has 1 aromatic heterocycles. The molecule has 3 heteroatoms. The molecule has 0 aliphatic rings. The molecule has 0 atom stereocenters. The van der Waals surface area contributed by atoms with Gasteiger partial charge in [0.25, 0.3) is 0 Å². The third kappa shape index (κ3) is 3.09. The van der Waals surface area contributed by atoms with Crippen molar-refractivity contribution in [3.63, 3.8) is 0 Å². The lowest BCUT2D eigenvalue weighted by atomic mass is 10.00. The van der Waals surface area contributed by atoms with Crippen LogP contribution in [0, 0.1) is 0 Å². The first-order valence-electron chi connectivity index (χ1n) is 5.93. The van der Waals surface area contributed by atoms with E-state index in [0.29, 0.717) is 12.3 Å². The summed E-state index contributed by atoms with van der Waals surface area (Å²) in [6.07, 6.45) is 0.470. The van der Waals surface area contributed by atoms with Crippen LogP contribution in [0.4, 0.5) is 0 Å². The van der Waals surface area contributed by atoms with Crippen LogP contribution >= 0.6 is 27.3 Å². The van der Waals surface area contributed by atoms with Crippen molar-refractivity contribution in [1.29, 1.82) is 0 Å². The quantitative estimate of drug-likeness (QED) is 0.719. The lowest BCUT2D eigenvalue weighted by Gasteiger charge is -2.06. The molecular formula is C15H15BrOS. The third-order valence-corrected chi connectivity index (χ3v) is 4.76. The summed E-state index contributed by atoms with van der Waals surface area (Å²) in [6, 6.07) is 10.2. The van der Waals surface area contributed by atoms with Gasteiger partial charge in [0, 0.05) is 10.9 Å². The summed E-state index contributed by atoms with van der Waals surface area (Å²) in [5.41, 5.74) is 2.38. The molecule has 2 rings (SSSR count). The highest BCUT2D eigenvalue weighted by Crippen LogP contribution is 2.24. The zero-order chi connectivity index (χ0) is 13.1. The van der Waals surface area contributed by atoms with Crippen LogP contribution in [-0.4, -0.2) is 5.78 Å². The molecule has 0 aliphatic heterocycles. The van der Waals surface area contributed by atoms with Crippen LogP contribution in [0.3, 0.4) is 0 Å². The second kappa shape index (κ2) is 5.81. The van der Waals surface area contributed by atoms with Gasteiger partial charge in [-0.15, -0.1) is 11.3 Å². The Labute approximate surface area is 120 Å². The largest absolute Gasteiger partial charge is 0.293 e. The first-order valence-corrected chi connectivity index (χ1v) is 7.60. The highest BCUT2D eigenvalue weighted by molar-refractivity contribution is 9.10. The highest BCUT2D eigenvalue weighted by Gasteiger charge is 2.12. The van der Waals surface area contributed by atoms with Gasteiger partial charge < -0.3 is 0 Å². The van der Waals surface area contributed by atoms with Gasteiger partial charge in [0.15, 0.2) is 5.78 Å². The number of Topliss-reactive ketones (excluding diaryl/α,β-unsaturated/α-hetero) is 1. The van der Waals surface area contributed by atoms with Crippen molar-refractivity contribution in [2.75, 3.05) is 0 Å². The number of carbonyl (C=O) groups is 1. The van der Waals surface area contributed by atoms with Gasteiger partial charge in [0.2, 0.25) is 0 Å². The molecule has 1 heterocycles. The summed E-state index contributed by atoms with van der Waals surface area (Å²) in [5.74, 6) is 0.704. The molecule has 1 aromatic carbocycles. The second-order valence-corrected chi connectivity index (χ2v) is 6.36. The van der Waals surface area contributed by atoms with Crippen molar-refractivity contribution in [2.24, 2.45) is 0 Å². The molecule has 94 valence electrons. The van der Waals surface area contributed by atoms with Gasteiger partial charge in [0.1, 0.15) is 0 Å². The topological polar surface area (TPSA) is 17.1 Å². The molecule has 0 N–H and O–H groups in total. The van der Waals surface area contributed by atoms with Crippen molar-refractivity contribution in [3.05, 3.63) is 56.2 Å². The fourth-order valence-electron chi connectivity index (χ4n) is 1.78. The van der Waals surface area contributed by atoms with Crippen molar-refractivity contribution < 1.29 is 4.79 Å². The van der Waals surface area contributed by atoms with E-state index < -0.39 is 0 Å². The van der Waals surface area contributed by atoms with Crippen LogP contribution in [0.25, 0.3) is 0 Å². The van der Waals surface area contributed by atoms with E-state index in [9.17, 15) is 4.79 Å². The average molecular weight is 323 g/mol. The molecule has 18 heavy (non-hydrogen) atoms. The van der Waals surface area contributed by atoms with Crippen molar-refractivity contribution in [3.8, 4) is 0 Å². The summed E-state index contributed by atoms with van der Waals surface area (Å²) < 4.78 is 0.899. The molecule has 0 amide bonds. The Kier molecular flexibility index (Phi) is 4.36. The molecule has 0 unspecified atom stereocenters. The molecule has 0 saturated carbocycles. The van der Waals surface area contributed by atoms with Gasteiger partial charge >= 0.3 is 0 Å². The maximum Gasteiger partial charge on any atom is 0.178 e. The molecule has 0 spiro atoms. The smallest absolute Gasteiger partial charge is 0.178 e. The maximum absolute atomic E-state index is 12.1. The Balaban J connectivity index is 2.10. The maximum atomic E-state index is 12.1. The van der Waals surface area contributed by atoms with Crippen molar-refractivity contribution in [1.82, 2.24) is 0 Å². The standard InChI is InChI=1S/C15H15BrOS/c1-10(2)12-5-3-11(4-6-12)9-14(17)15-13(16)7-8-18-15/h3-8,10H,9H2,1-2H3. The summed E-state index contributed by atoms with van der Waals surface area (Å²) in [4.78, 5) is 12.9. The third-order valence-electron chi connectivity index (χ3n) is 2.88. The normalized spacial score (nSPS) is 10.9.